The van der Waals surface area contributed by atoms with E-state index >= 15 is 0 Å². The quantitative estimate of drug-likeness (QED) is 0.661. The van der Waals surface area contributed by atoms with Crippen LogP contribution in [0.5, 0.6) is 0 Å². The average Bonchev–Trinajstić information content (AvgIpc) is 3.44. The van der Waals surface area contributed by atoms with E-state index in [1.54, 1.807) is 24.5 Å². The van der Waals surface area contributed by atoms with Crippen LogP contribution in [0.4, 0.5) is 10.2 Å². The van der Waals surface area contributed by atoms with E-state index in [1.165, 1.54) is 25.0 Å². The zero-order chi connectivity index (χ0) is 20.1. The van der Waals surface area contributed by atoms with Crippen molar-refractivity contribution in [2.24, 2.45) is 0 Å². The Morgan fingerprint density at radius 2 is 1.93 bits per heavy atom. The van der Waals surface area contributed by atoms with Crippen molar-refractivity contribution in [1.82, 2.24) is 15.3 Å². The predicted molar refractivity (Wildman–Crippen MR) is 108 cm³/mol. The van der Waals surface area contributed by atoms with Gasteiger partial charge in [-0.1, -0.05) is 0 Å². The third kappa shape index (κ3) is 4.99. The summed E-state index contributed by atoms with van der Waals surface area (Å²) in [6, 6.07) is 9.98. The molecular weight excluding hydrogens is 371 g/mol. The molecule has 3 heterocycles. The number of hydrogen-bond acceptors (Lipinski definition) is 5. The molecular formula is C22H23FN4O2. The fraction of sp³-hybridized carbons (Fsp3) is 0.318. The number of carbonyl (C=O) groups excluding carboxylic acids is 1. The minimum atomic E-state index is -0.299. The minimum Gasteiger partial charge on any atom is -0.441 e. The van der Waals surface area contributed by atoms with Crippen LogP contribution in [-0.4, -0.2) is 29.0 Å². The summed E-state index contributed by atoms with van der Waals surface area (Å²) in [6.45, 7) is 2.55. The van der Waals surface area contributed by atoms with E-state index in [2.05, 4.69) is 20.2 Å². The molecule has 1 aliphatic rings. The highest BCUT2D eigenvalue weighted by molar-refractivity contribution is 5.76. The van der Waals surface area contributed by atoms with Crippen LogP contribution in [0, 0.1) is 5.82 Å². The van der Waals surface area contributed by atoms with Crippen molar-refractivity contribution in [2.75, 3.05) is 18.0 Å². The Bertz CT molecular complexity index is 965. The molecule has 2 aromatic heterocycles. The second kappa shape index (κ2) is 8.86. The first kappa shape index (κ1) is 19.1. The number of pyridine rings is 1. The molecule has 0 unspecified atom stereocenters. The zero-order valence-electron chi connectivity index (χ0n) is 16.1. The number of anilines is 1. The van der Waals surface area contributed by atoms with Gasteiger partial charge in [-0.3, -0.25) is 4.79 Å². The summed E-state index contributed by atoms with van der Waals surface area (Å²) in [5.74, 6) is 1.66. The molecule has 0 aliphatic carbocycles. The third-order valence-corrected chi connectivity index (χ3v) is 4.98. The molecule has 4 rings (SSSR count). The molecule has 3 aromatic rings. The molecule has 1 fully saturated rings. The van der Waals surface area contributed by atoms with E-state index in [0.29, 0.717) is 24.6 Å². The highest BCUT2D eigenvalue weighted by Crippen LogP contribution is 2.21. The van der Waals surface area contributed by atoms with Crippen molar-refractivity contribution in [3.8, 4) is 11.3 Å². The summed E-state index contributed by atoms with van der Waals surface area (Å²) < 4.78 is 18.7. The second-order valence-corrected chi connectivity index (χ2v) is 7.12. The van der Waals surface area contributed by atoms with Gasteiger partial charge in [0, 0.05) is 44.2 Å². The molecule has 7 heteroatoms. The second-order valence-electron chi connectivity index (χ2n) is 7.12. The van der Waals surface area contributed by atoms with Crippen LogP contribution in [-0.2, 0) is 17.8 Å². The molecule has 1 saturated heterocycles. The lowest BCUT2D eigenvalue weighted by atomic mass is 10.2. The minimum absolute atomic E-state index is 0.0638. The Hall–Kier alpha value is -3.22. The number of oxazole rings is 1. The van der Waals surface area contributed by atoms with Gasteiger partial charge >= 0.3 is 0 Å². The average molecular weight is 394 g/mol. The largest absolute Gasteiger partial charge is 0.441 e. The van der Waals surface area contributed by atoms with Gasteiger partial charge in [0.1, 0.15) is 11.6 Å². The lowest BCUT2D eigenvalue weighted by molar-refractivity contribution is -0.121. The smallest absolute Gasteiger partial charge is 0.220 e. The van der Waals surface area contributed by atoms with Gasteiger partial charge in [-0.05, 0) is 54.8 Å². The maximum Gasteiger partial charge on any atom is 0.220 e. The number of nitrogens with one attached hydrogen (secondary N) is 1. The number of carbonyl (C=O) groups is 1. The monoisotopic (exact) mass is 394 g/mol. The fourth-order valence-electron chi connectivity index (χ4n) is 3.37. The van der Waals surface area contributed by atoms with Crippen LogP contribution >= 0.6 is 0 Å². The maximum absolute atomic E-state index is 13.0. The fourth-order valence-corrected chi connectivity index (χ4v) is 3.37. The molecule has 0 atom stereocenters. The van der Waals surface area contributed by atoms with Gasteiger partial charge < -0.3 is 14.6 Å². The molecule has 1 aromatic carbocycles. The van der Waals surface area contributed by atoms with Crippen LogP contribution in [0.1, 0.15) is 30.7 Å². The molecule has 1 N–H and O–H groups in total. The van der Waals surface area contributed by atoms with Gasteiger partial charge in [0.15, 0.2) is 11.7 Å². The van der Waals surface area contributed by atoms with Crippen LogP contribution < -0.4 is 10.2 Å². The molecule has 0 spiro atoms. The first-order chi connectivity index (χ1) is 14.2. The highest BCUT2D eigenvalue weighted by Gasteiger charge is 2.14. The van der Waals surface area contributed by atoms with E-state index in [-0.39, 0.29) is 18.1 Å². The van der Waals surface area contributed by atoms with Gasteiger partial charge in [-0.25, -0.2) is 14.4 Å². The number of nitrogens with zero attached hydrogens (tertiary/aromatic N) is 3. The molecule has 0 bridgehead atoms. The summed E-state index contributed by atoms with van der Waals surface area (Å²) in [6.07, 6.45) is 6.48. The number of halogens is 1. The Balaban J connectivity index is 1.26. The summed E-state index contributed by atoms with van der Waals surface area (Å²) in [5, 5.41) is 2.94. The van der Waals surface area contributed by atoms with E-state index in [9.17, 15) is 9.18 Å². The Labute approximate surface area is 168 Å². The maximum atomic E-state index is 13.0. The Kier molecular flexibility index (Phi) is 5.84. The van der Waals surface area contributed by atoms with E-state index in [1.807, 2.05) is 12.1 Å². The van der Waals surface area contributed by atoms with Crippen molar-refractivity contribution < 1.29 is 13.6 Å². The topological polar surface area (TPSA) is 71.3 Å². The van der Waals surface area contributed by atoms with Crippen LogP contribution in [0.25, 0.3) is 11.3 Å². The first-order valence-corrected chi connectivity index (χ1v) is 9.84. The molecule has 150 valence electrons. The Morgan fingerprint density at radius 3 is 2.72 bits per heavy atom. The zero-order valence-corrected chi connectivity index (χ0v) is 16.1. The summed E-state index contributed by atoms with van der Waals surface area (Å²) >= 11 is 0. The van der Waals surface area contributed by atoms with Crippen molar-refractivity contribution >= 4 is 11.7 Å². The Morgan fingerprint density at radius 1 is 1.14 bits per heavy atom. The molecule has 0 radical (unpaired) electrons. The van der Waals surface area contributed by atoms with Crippen molar-refractivity contribution in [1.29, 1.82) is 0 Å². The van der Waals surface area contributed by atoms with Crippen molar-refractivity contribution in [3.63, 3.8) is 0 Å². The number of amides is 1. The number of benzene rings is 1. The van der Waals surface area contributed by atoms with Crippen LogP contribution in [0.3, 0.4) is 0 Å². The van der Waals surface area contributed by atoms with Gasteiger partial charge in [0.25, 0.3) is 0 Å². The first-order valence-electron chi connectivity index (χ1n) is 9.84. The SMILES string of the molecule is O=C(CCc1ncc(-c2ccc(F)cc2)o1)NCc1ccnc(N2CCCC2)c1. The number of aryl methyl sites for hydroxylation is 1. The van der Waals surface area contributed by atoms with E-state index < -0.39 is 0 Å². The summed E-state index contributed by atoms with van der Waals surface area (Å²) in [7, 11) is 0. The van der Waals surface area contributed by atoms with E-state index in [4.69, 9.17) is 4.42 Å². The number of hydrogen-bond donors (Lipinski definition) is 1. The predicted octanol–water partition coefficient (Wildman–Crippen LogP) is 3.72. The van der Waals surface area contributed by atoms with Gasteiger partial charge in [0.05, 0.1) is 6.20 Å². The van der Waals surface area contributed by atoms with E-state index in [0.717, 1.165) is 30.0 Å². The normalized spacial score (nSPS) is 13.6. The molecule has 1 amide bonds. The van der Waals surface area contributed by atoms with Crippen molar-refractivity contribution in [2.45, 2.75) is 32.2 Å². The van der Waals surface area contributed by atoms with Gasteiger partial charge in [-0.15, -0.1) is 0 Å². The molecule has 29 heavy (non-hydrogen) atoms. The summed E-state index contributed by atoms with van der Waals surface area (Å²) in [5.41, 5.74) is 1.78. The van der Waals surface area contributed by atoms with Crippen LogP contribution in [0.2, 0.25) is 0 Å². The lowest BCUT2D eigenvalue weighted by Gasteiger charge is -2.17. The third-order valence-electron chi connectivity index (χ3n) is 4.98. The van der Waals surface area contributed by atoms with Crippen LogP contribution in [0.15, 0.2) is 53.2 Å². The standard InChI is InChI=1S/C22H23FN4O2/c23-18-5-3-17(4-6-18)19-15-26-22(29-19)8-7-21(28)25-14-16-9-10-24-20(13-16)27-11-1-2-12-27/h3-6,9-10,13,15H,1-2,7-8,11-12,14H2,(H,25,28). The van der Waals surface area contributed by atoms with Gasteiger partial charge in [-0.2, -0.15) is 0 Å². The number of aromatic nitrogens is 2. The molecule has 6 nitrogen and oxygen atoms in total. The molecule has 0 saturated carbocycles. The highest BCUT2D eigenvalue weighted by atomic mass is 19.1. The van der Waals surface area contributed by atoms with Crippen molar-refractivity contribution in [3.05, 3.63) is 66.1 Å². The number of rotatable bonds is 7. The molecule has 1 aliphatic heterocycles. The lowest BCUT2D eigenvalue weighted by Crippen LogP contribution is -2.24. The summed E-state index contributed by atoms with van der Waals surface area (Å²) in [4.78, 5) is 23.1. The van der Waals surface area contributed by atoms with Gasteiger partial charge in [0.2, 0.25) is 5.91 Å².